The molecule has 26 heavy (non-hydrogen) atoms. The Labute approximate surface area is 172 Å². The number of aryl methyl sites for hydroxylation is 1. The fraction of sp³-hybridized carbons (Fsp3) is 0.778. The lowest BCUT2D eigenvalue weighted by Crippen LogP contribution is -2.50. The summed E-state index contributed by atoms with van der Waals surface area (Å²) in [7, 11) is 0. The zero-order valence-corrected chi connectivity index (χ0v) is 17.7. The molecule has 1 amide bonds. The van der Waals surface area contributed by atoms with Gasteiger partial charge in [-0.05, 0) is 58.5 Å². The number of nitrogens with one attached hydrogen (secondary N) is 2. The zero-order valence-electron chi connectivity index (χ0n) is 15.3. The first-order valence-electron chi connectivity index (χ1n) is 9.35. The van der Waals surface area contributed by atoms with Gasteiger partial charge in [0, 0.05) is 36.0 Å². The summed E-state index contributed by atoms with van der Waals surface area (Å²) >= 11 is 1.72. The third kappa shape index (κ3) is 5.32. The van der Waals surface area contributed by atoms with Gasteiger partial charge in [0.1, 0.15) is 0 Å². The Morgan fingerprint density at radius 2 is 1.88 bits per heavy atom. The number of nitrogens with zero attached hydrogens (tertiary/aromatic N) is 2. The van der Waals surface area contributed by atoms with Crippen LogP contribution in [0.15, 0.2) is 5.38 Å². The summed E-state index contributed by atoms with van der Waals surface area (Å²) in [5, 5.41) is 10.3. The minimum absolute atomic E-state index is 0. The van der Waals surface area contributed by atoms with E-state index in [0.717, 1.165) is 50.3 Å². The van der Waals surface area contributed by atoms with Crippen molar-refractivity contribution >= 4 is 42.1 Å². The van der Waals surface area contributed by atoms with Crippen LogP contribution in [0.2, 0.25) is 0 Å². The Hall–Kier alpha value is -0.400. The van der Waals surface area contributed by atoms with Gasteiger partial charge in [0.15, 0.2) is 0 Å². The number of carbonyl (C=O) groups excluding carboxylic acids is 1. The number of halogens is 2. The molecule has 1 aromatic rings. The molecular weight excluding hydrogens is 391 g/mol. The average molecular weight is 421 g/mol. The van der Waals surface area contributed by atoms with Gasteiger partial charge in [0.05, 0.1) is 10.7 Å². The number of carbonyl (C=O) groups is 1. The van der Waals surface area contributed by atoms with Gasteiger partial charge < -0.3 is 10.6 Å². The summed E-state index contributed by atoms with van der Waals surface area (Å²) in [4.78, 5) is 19.6. The van der Waals surface area contributed by atoms with Crippen molar-refractivity contribution in [3.8, 4) is 0 Å². The van der Waals surface area contributed by atoms with Crippen LogP contribution in [0.1, 0.15) is 49.2 Å². The van der Waals surface area contributed by atoms with Gasteiger partial charge in [-0.1, -0.05) is 0 Å². The van der Waals surface area contributed by atoms with Crippen LogP contribution in [0, 0.1) is 12.8 Å². The SMILES string of the molecule is Cc1nc(CN2CCC(C(=O)NC3CC4CCC(C3)N4)CC2)cs1.Cl.Cl. The van der Waals surface area contributed by atoms with E-state index in [1.54, 1.807) is 11.3 Å². The number of hydrogen-bond acceptors (Lipinski definition) is 5. The molecule has 2 bridgehead atoms. The maximum atomic E-state index is 12.6. The highest BCUT2D eigenvalue weighted by molar-refractivity contribution is 7.09. The van der Waals surface area contributed by atoms with Crippen molar-refractivity contribution in [1.82, 2.24) is 20.5 Å². The van der Waals surface area contributed by atoms with Crippen LogP contribution in [-0.2, 0) is 11.3 Å². The van der Waals surface area contributed by atoms with Crippen LogP contribution in [-0.4, -0.2) is 47.0 Å². The summed E-state index contributed by atoms with van der Waals surface area (Å²) in [6.07, 6.45) is 6.76. The van der Waals surface area contributed by atoms with Crippen molar-refractivity contribution < 1.29 is 4.79 Å². The number of likely N-dealkylation sites (tertiary alicyclic amines) is 1. The van der Waals surface area contributed by atoms with Crippen LogP contribution in [0.3, 0.4) is 0 Å². The molecule has 4 rings (SSSR count). The van der Waals surface area contributed by atoms with Crippen LogP contribution in [0.5, 0.6) is 0 Å². The second kappa shape index (κ2) is 9.69. The largest absolute Gasteiger partial charge is 0.353 e. The molecule has 148 valence electrons. The van der Waals surface area contributed by atoms with Crippen molar-refractivity contribution in [2.45, 2.75) is 70.1 Å². The first kappa shape index (κ1) is 21.9. The maximum absolute atomic E-state index is 12.6. The smallest absolute Gasteiger partial charge is 0.223 e. The monoisotopic (exact) mass is 420 g/mol. The lowest BCUT2D eigenvalue weighted by atomic mass is 9.93. The van der Waals surface area contributed by atoms with E-state index in [-0.39, 0.29) is 30.7 Å². The van der Waals surface area contributed by atoms with Crippen LogP contribution in [0.4, 0.5) is 0 Å². The molecule has 2 unspecified atom stereocenters. The summed E-state index contributed by atoms with van der Waals surface area (Å²) < 4.78 is 0. The summed E-state index contributed by atoms with van der Waals surface area (Å²) in [6, 6.07) is 1.67. The minimum atomic E-state index is 0. The fourth-order valence-corrected chi connectivity index (χ4v) is 5.16. The number of piperidine rings is 2. The Morgan fingerprint density at radius 3 is 2.46 bits per heavy atom. The molecule has 0 saturated carbocycles. The van der Waals surface area contributed by atoms with Gasteiger partial charge in [-0.2, -0.15) is 0 Å². The third-order valence-electron chi connectivity index (χ3n) is 5.83. The van der Waals surface area contributed by atoms with Gasteiger partial charge >= 0.3 is 0 Å². The topological polar surface area (TPSA) is 57.3 Å². The van der Waals surface area contributed by atoms with Crippen molar-refractivity contribution in [3.63, 3.8) is 0 Å². The number of fused-ring (bicyclic) bond motifs is 2. The molecule has 8 heteroatoms. The molecule has 0 aliphatic carbocycles. The van der Waals surface area contributed by atoms with Gasteiger partial charge in [0.25, 0.3) is 0 Å². The summed E-state index contributed by atoms with van der Waals surface area (Å²) in [6.45, 7) is 4.99. The van der Waals surface area contributed by atoms with E-state index in [9.17, 15) is 4.79 Å². The second-order valence-corrected chi connectivity index (χ2v) is 8.79. The maximum Gasteiger partial charge on any atom is 0.223 e. The predicted molar refractivity (Wildman–Crippen MR) is 110 cm³/mol. The molecular formula is C18H30Cl2N4OS. The molecule has 3 aliphatic rings. The molecule has 0 spiro atoms. The van der Waals surface area contributed by atoms with E-state index in [0.29, 0.717) is 24.0 Å². The van der Waals surface area contributed by atoms with Gasteiger partial charge in [0.2, 0.25) is 5.91 Å². The second-order valence-electron chi connectivity index (χ2n) is 7.72. The molecule has 3 aliphatic heterocycles. The number of amides is 1. The van der Waals surface area contributed by atoms with Crippen molar-refractivity contribution in [2.75, 3.05) is 13.1 Å². The van der Waals surface area contributed by atoms with Crippen molar-refractivity contribution in [3.05, 3.63) is 16.1 Å². The molecule has 0 aromatic carbocycles. The molecule has 4 heterocycles. The van der Waals surface area contributed by atoms with E-state index < -0.39 is 0 Å². The van der Waals surface area contributed by atoms with E-state index >= 15 is 0 Å². The zero-order chi connectivity index (χ0) is 16.5. The van der Waals surface area contributed by atoms with E-state index in [1.165, 1.54) is 18.5 Å². The highest BCUT2D eigenvalue weighted by atomic mass is 35.5. The molecule has 5 nitrogen and oxygen atoms in total. The van der Waals surface area contributed by atoms with Gasteiger partial charge in [-0.15, -0.1) is 36.2 Å². The Morgan fingerprint density at radius 1 is 1.23 bits per heavy atom. The quantitative estimate of drug-likeness (QED) is 0.785. The van der Waals surface area contributed by atoms with E-state index in [1.807, 2.05) is 0 Å². The number of aromatic nitrogens is 1. The highest BCUT2D eigenvalue weighted by Gasteiger charge is 2.35. The minimum Gasteiger partial charge on any atom is -0.353 e. The molecule has 2 N–H and O–H groups in total. The third-order valence-corrected chi connectivity index (χ3v) is 6.65. The van der Waals surface area contributed by atoms with Crippen LogP contribution in [0.25, 0.3) is 0 Å². The molecule has 3 saturated heterocycles. The number of hydrogen-bond donors (Lipinski definition) is 2. The van der Waals surface area contributed by atoms with Crippen LogP contribution < -0.4 is 10.6 Å². The predicted octanol–water partition coefficient (Wildman–Crippen LogP) is 2.91. The molecule has 3 fully saturated rings. The van der Waals surface area contributed by atoms with E-state index in [4.69, 9.17) is 0 Å². The number of rotatable bonds is 4. The Kier molecular flexibility index (Phi) is 8.16. The van der Waals surface area contributed by atoms with Gasteiger partial charge in [-0.3, -0.25) is 9.69 Å². The summed E-state index contributed by atoms with van der Waals surface area (Å²) in [5.41, 5.74) is 1.17. The van der Waals surface area contributed by atoms with Crippen molar-refractivity contribution in [1.29, 1.82) is 0 Å². The highest BCUT2D eigenvalue weighted by Crippen LogP contribution is 2.27. The molecule has 0 radical (unpaired) electrons. The first-order valence-corrected chi connectivity index (χ1v) is 10.2. The molecule has 1 aromatic heterocycles. The molecule has 2 atom stereocenters. The summed E-state index contributed by atoms with van der Waals surface area (Å²) in [5.74, 6) is 0.497. The fourth-order valence-electron chi connectivity index (χ4n) is 4.56. The number of thiazole rings is 1. The first-order chi connectivity index (χ1) is 11.7. The van der Waals surface area contributed by atoms with Crippen molar-refractivity contribution in [2.24, 2.45) is 5.92 Å². The van der Waals surface area contributed by atoms with Crippen LogP contribution >= 0.6 is 36.2 Å². The lowest BCUT2D eigenvalue weighted by Gasteiger charge is -2.34. The average Bonchev–Trinajstić information content (AvgIpc) is 3.13. The normalized spacial score (nSPS) is 28.9. The Bertz CT molecular complexity index is 580. The van der Waals surface area contributed by atoms with Gasteiger partial charge in [-0.25, -0.2) is 4.98 Å². The standard InChI is InChI=1S/C18H28N4OS.2ClH/c1-12-19-17(11-24-12)10-22-6-4-13(5-7-22)18(23)21-16-8-14-2-3-15(9-16)20-14;;/h11,13-16,20H,2-10H2,1H3,(H,21,23);2*1H. The Balaban J connectivity index is 0.00000121. The van der Waals surface area contributed by atoms with E-state index in [2.05, 4.69) is 32.8 Å². The lowest BCUT2D eigenvalue weighted by molar-refractivity contribution is -0.127.